The molecule has 3 N–H and O–H groups in total. The molecule has 0 aromatic rings. The van der Waals surface area contributed by atoms with Crippen molar-refractivity contribution in [2.75, 3.05) is 26.7 Å². The van der Waals surface area contributed by atoms with Crippen molar-refractivity contribution in [3.8, 4) is 0 Å². The molecule has 1 aliphatic rings. The average molecular weight is 272 g/mol. The molecule has 2 atom stereocenters. The summed E-state index contributed by atoms with van der Waals surface area (Å²) in [6, 6.07) is 0. The van der Waals surface area contributed by atoms with E-state index >= 15 is 0 Å². The number of rotatable bonds is 8. The number of unbranched alkanes of at least 4 members (excludes halogenated alkanes) is 1. The Morgan fingerprint density at radius 2 is 2.21 bits per heavy atom. The molecule has 1 aliphatic heterocycles. The number of carboxylic acid groups (broad SMARTS) is 1. The molecule has 1 fully saturated rings. The Kier molecular flexibility index (Phi) is 6.75. The summed E-state index contributed by atoms with van der Waals surface area (Å²) in [5.74, 6) is -0.920. The van der Waals surface area contributed by atoms with Crippen molar-refractivity contribution in [3.05, 3.63) is 0 Å². The van der Waals surface area contributed by atoms with Crippen molar-refractivity contribution >= 4 is 5.97 Å². The molecule has 0 radical (unpaired) electrons. The fraction of sp³-hybridized carbons (Fsp3) is 0.929. The molecule has 5 nitrogen and oxygen atoms in total. The zero-order chi connectivity index (χ0) is 14.3. The molecule has 0 saturated carbocycles. The predicted octanol–water partition coefficient (Wildman–Crippen LogP) is 1.46. The molecule has 1 saturated heterocycles. The molecule has 19 heavy (non-hydrogen) atoms. The van der Waals surface area contributed by atoms with Crippen LogP contribution in [-0.2, 0) is 9.53 Å². The Bertz CT molecular complexity index is 276. The second-order valence-electron chi connectivity index (χ2n) is 5.93. The first-order valence-electron chi connectivity index (χ1n) is 7.24. The smallest absolute Gasteiger partial charge is 0.323 e. The number of likely N-dealkylation sites (N-methyl/N-ethyl adjacent to an activating group) is 1. The summed E-state index contributed by atoms with van der Waals surface area (Å²) in [7, 11) is 2.09. The molecule has 0 aliphatic carbocycles. The first-order valence-corrected chi connectivity index (χ1v) is 7.24. The largest absolute Gasteiger partial charge is 0.480 e. The third kappa shape index (κ3) is 6.36. The van der Waals surface area contributed by atoms with Crippen LogP contribution in [0.4, 0.5) is 0 Å². The Balaban J connectivity index is 2.09. The van der Waals surface area contributed by atoms with Crippen LogP contribution in [0.25, 0.3) is 0 Å². The molecule has 0 spiro atoms. The molecule has 0 bridgehead atoms. The standard InChI is InChI=1S/C14H28N2O3/c1-14(15,13(17)18)8-4-5-9-16(2)11-12-7-3-6-10-19-12/h12H,3-11,15H2,1-2H3,(H,17,18). The van der Waals surface area contributed by atoms with Crippen LogP contribution in [0.15, 0.2) is 0 Å². The maximum atomic E-state index is 10.9. The lowest BCUT2D eigenvalue weighted by Crippen LogP contribution is -2.44. The average Bonchev–Trinajstić information content (AvgIpc) is 2.36. The van der Waals surface area contributed by atoms with Gasteiger partial charge in [-0.25, -0.2) is 0 Å². The number of hydrogen-bond acceptors (Lipinski definition) is 4. The second kappa shape index (κ2) is 7.82. The monoisotopic (exact) mass is 272 g/mol. The summed E-state index contributed by atoms with van der Waals surface area (Å²) >= 11 is 0. The van der Waals surface area contributed by atoms with E-state index < -0.39 is 11.5 Å². The van der Waals surface area contributed by atoms with Crippen LogP contribution in [-0.4, -0.2) is 54.4 Å². The SMILES string of the molecule is CN(CCCCC(C)(N)C(=O)O)CC1CCCCO1. The zero-order valence-electron chi connectivity index (χ0n) is 12.2. The molecule has 2 unspecified atom stereocenters. The lowest BCUT2D eigenvalue weighted by molar-refractivity contribution is -0.142. The molecular weight excluding hydrogens is 244 g/mol. The van der Waals surface area contributed by atoms with Crippen LogP contribution in [0.2, 0.25) is 0 Å². The van der Waals surface area contributed by atoms with E-state index in [4.69, 9.17) is 15.6 Å². The van der Waals surface area contributed by atoms with E-state index in [0.717, 1.165) is 39.0 Å². The lowest BCUT2D eigenvalue weighted by atomic mass is 9.96. The van der Waals surface area contributed by atoms with Gasteiger partial charge in [0.15, 0.2) is 0 Å². The summed E-state index contributed by atoms with van der Waals surface area (Å²) < 4.78 is 5.70. The van der Waals surface area contributed by atoms with Crippen LogP contribution >= 0.6 is 0 Å². The topological polar surface area (TPSA) is 75.8 Å². The van der Waals surface area contributed by atoms with Gasteiger partial charge in [0.05, 0.1) is 6.10 Å². The number of ether oxygens (including phenoxy) is 1. The molecule has 112 valence electrons. The minimum Gasteiger partial charge on any atom is -0.480 e. The molecular formula is C14H28N2O3. The van der Waals surface area contributed by atoms with Crippen molar-refractivity contribution in [1.82, 2.24) is 4.90 Å². The highest BCUT2D eigenvalue weighted by Crippen LogP contribution is 2.14. The van der Waals surface area contributed by atoms with Crippen LogP contribution in [0.3, 0.4) is 0 Å². The number of aliphatic carboxylic acids is 1. The maximum Gasteiger partial charge on any atom is 0.323 e. The van der Waals surface area contributed by atoms with Crippen molar-refractivity contribution in [1.29, 1.82) is 0 Å². The highest BCUT2D eigenvalue weighted by molar-refractivity contribution is 5.77. The Labute approximate surface area is 116 Å². The molecule has 1 heterocycles. The van der Waals surface area contributed by atoms with E-state index in [2.05, 4.69) is 11.9 Å². The van der Waals surface area contributed by atoms with Gasteiger partial charge in [0.2, 0.25) is 0 Å². The summed E-state index contributed by atoms with van der Waals surface area (Å²) in [6.07, 6.45) is 6.32. The Morgan fingerprint density at radius 1 is 1.47 bits per heavy atom. The van der Waals surface area contributed by atoms with Gasteiger partial charge in [-0.15, -0.1) is 0 Å². The quantitative estimate of drug-likeness (QED) is 0.654. The number of carboxylic acids is 1. The summed E-state index contributed by atoms with van der Waals surface area (Å²) in [4.78, 5) is 13.1. The van der Waals surface area contributed by atoms with Gasteiger partial charge < -0.3 is 20.5 Å². The fourth-order valence-corrected chi connectivity index (χ4v) is 2.37. The van der Waals surface area contributed by atoms with Gasteiger partial charge in [-0.05, 0) is 59.0 Å². The molecule has 0 aromatic heterocycles. The number of nitrogens with two attached hydrogens (primary N) is 1. The van der Waals surface area contributed by atoms with E-state index in [1.165, 1.54) is 12.8 Å². The lowest BCUT2D eigenvalue weighted by Gasteiger charge is -2.27. The first kappa shape index (κ1) is 16.4. The molecule has 0 amide bonds. The van der Waals surface area contributed by atoms with Crippen molar-refractivity contribution in [3.63, 3.8) is 0 Å². The number of carbonyl (C=O) groups is 1. The van der Waals surface area contributed by atoms with Gasteiger partial charge in [-0.3, -0.25) is 4.79 Å². The van der Waals surface area contributed by atoms with Gasteiger partial charge >= 0.3 is 5.97 Å². The molecule has 0 aromatic carbocycles. The minimum atomic E-state index is -1.09. The summed E-state index contributed by atoms with van der Waals surface area (Å²) in [6.45, 7) is 4.41. The second-order valence-corrected chi connectivity index (χ2v) is 5.93. The van der Waals surface area contributed by atoms with Gasteiger partial charge in [0.1, 0.15) is 5.54 Å². The van der Waals surface area contributed by atoms with Crippen LogP contribution < -0.4 is 5.73 Å². The molecule has 5 heteroatoms. The normalized spacial score (nSPS) is 23.3. The fourth-order valence-electron chi connectivity index (χ4n) is 2.37. The first-order chi connectivity index (χ1) is 8.92. The highest BCUT2D eigenvalue weighted by atomic mass is 16.5. The third-order valence-corrected chi connectivity index (χ3v) is 3.76. The van der Waals surface area contributed by atoms with Crippen LogP contribution in [0.5, 0.6) is 0 Å². The Morgan fingerprint density at radius 3 is 2.79 bits per heavy atom. The third-order valence-electron chi connectivity index (χ3n) is 3.76. The van der Waals surface area contributed by atoms with E-state index in [0.29, 0.717) is 12.5 Å². The van der Waals surface area contributed by atoms with E-state index in [1.54, 1.807) is 6.92 Å². The van der Waals surface area contributed by atoms with Gasteiger partial charge in [-0.2, -0.15) is 0 Å². The predicted molar refractivity (Wildman–Crippen MR) is 75.2 cm³/mol. The van der Waals surface area contributed by atoms with Crippen molar-refractivity contribution in [2.45, 2.75) is 57.1 Å². The van der Waals surface area contributed by atoms with Gasteiger partial charge in [0, 0.05) is 13.2 Å². The highest BCUT2D eigenvalue weighted by Gasteiger charge is 2.26. The van der Waals surface area contributed by atoms with Crippen molar-refractivity contribution < 1.29 is 14.6 Å². The zero-order valence-corrected chi connectivity index (χ0v) is 12.2. The van der Waals surface area contributed by atoms with E-state index in [1.807, 2.05) is 0 Å². The van der Waals surface area contributed by atoms with E-state index in [9.17, 15) is 4.79 Å². The maximum absolute atomic E-state index is 10.9. The van der Waals surface area contributed by atoms with Gasteiger partial charge in [-0.1, -0.05) is 0 Å². The van der Waals surface area contributed by atoms with Crippen molar-refractivity contribution in [2.24, 2.45) is 5.73 Å². The summed E-state index contributed by atoms with van der Waals surface area (Å²) in [5.41, 5.74) is 4.60. The summed E-state index contributed by atoms with van der Waals surface area (Å²) in [5, 5.41) is 8.91. The van der Waals surface area contributed by atoms with Crippen LogP contribution in [0.1, 0.15) is 45.4 Å². The Hall–Kier alpha value is -0.650. The van der Waals surface area contributed by atoms with Crippen LogP contribution in [0, 0.1) is 0 Å². The molecule has 1 rings (SSSR count). The number of nitrogens with zero attached hydrogens (tertiary/aromatic N) is 1. The van der Waals surface area contributed by atoms with E-state index in [-0.39, 0.29) is 0 Å². The minimum absolute atomic E-state index is 0.373. The van der Waals surface area contributed by atoms with Gasteiger partial charge in [0.25, 0.3) is 0 Å². The number of hydrogen-bond donors (Lipinski definition) is 2.